The fourth-order valence-electron chi connectivity index (χ4n) is 4.02. The van der Waals surface area contributed by atoms with Crippen molar-refractivity contribution in [2.75, 3.05) is 19.6 Å². The van der Waals surface area contributed by atoms with Crippen LogP contribution in [0.2, 0.25) is 0 Å². The van der Waals surface area contributed by atoms with Crippen LogP contribution in [0.3, 0.4) is 0 Å². The number of likely N-dealkylation sites (tertiary alicyclic amines) is 1. The molecule has 26 heavy (non-hydrogen) atoms. The maximum Gasteiger partial charge on any atom is 0.276 e. The van der Waals surface area contributed by atoms with Crippen LogP contribution in [0, 0.1) is 5.82 Å². The molecule has 138 valence electrons. The van der Waals surface area contributed by atoms with Crippen LogP contribution in [-0.4, -0.2) is 51.5 Å². The Kier molecular flexibility index (Phi) is 4.97. The molecule has 0 spiro atoms. The van der Waals surface area contributed by atoms with Gasteiger partial charge in [0.05, 0.1) is 12.2 Å². The molecule has 0 saturated carbocycles. The molecule has 1 aromatic heterocycles. The molecule has 2 fully saturated rings. The molecule has 1 aromatic carbocycles. The molecule has 2 aliphatic heterocycles. The Morgan fingerprint density at radius 2 is 2.12 bits per heavy atom. The zero-order chi connectivity index (χ0) is 17.9. The number of halogens is 1. The van der Waals surface area contributed by atoms with Crippen LogP contribution < -0.4 is 5.32 Å². The molecule has 1 atom stereocenters. The van der Waals surface area contributed by atoms with Gasteiger partial charge in [-0.2, -0.15) is 0 Å². The first-order valence-electron chi connectivity index (χ1n) is 9.38. The maximum atomic E-state index is 13.4. The quantitative estimate of drug-likeness (QED) is 0.911. The third-order valence-corrected chi connectivity index (χ3v) is 5.41. The lowest BCUT2D eigenvalue weighted by atomic mass is 10.0. The van der Waals surface area contributed by atoms with Gasteiger partial charge >= 0.3 is 0 Å². The molecule has 0 radical (unpaired) electrons. The van der Waals surface area contributed by atoms with Crippen LogP contribution in [0.5, 0.6) is 0 Å². The van der Waals surface area contributed by atoms with Crippen LogP contribution >= 0.6 is 0 Å². The summed E-state index contributed by atoms with van der Waals surface area (Å²) in [5.74, 6) is -0.299. The van der Waals surface area contributed by atoms with Crippen LogP contribution in [0.1, 0.15) is 47.8 Å². The molecule has 7 heteroatoms. The lowest BCUT2D eigenvalue weighted by Gasteiger charge is -2.24. The smallest absolute Gasteiger partial charge is 0.276 e. The van der Waals surface area contributed by atoms with Gasteiger partial charge in [0.1, 0.15) is 5.82 Å². The zero-order valence-electron chi connectivity index (χ0n) is 14.8. The van der Waals surface area contributed by atoms with Crippen molar-refractivity contribution in [3.63, 3.8) is 0 Å². The maximum absolute atomic E-state index is 13.4. The van der Waals surface area contributed by atoms with E-state index in [1.807, 2.05) is 15.6 Å². The van der Waals surface area contributed by atoms with E-state index in [0.717, 1.165) is 50.9 Å². The third kappa shape index (κ3) is 3.62. The Balaban J connectivity index is 1.45. The van der Waals surface area contributed by atoms with E-state index >= 15 is 0 Å². The molecule has 3 heterocycles. The van der Waals surface area contributed by atoms with Gasteiger partial charge in [0.2, 0.25) is 0 Å². The van der Waals surface area contributed by atoms with E-state index < -0.39 is 0 Å². The van der Waals surface area contributed by atoms with Gasteiger partial charge < -0.3 is 10.2 Å². The summed E-state index contributed by atoms with van der Waals surface area (Å²) in [6.45, 7) is 2.66. The van der Waals surface area contributed by atoms with Gasteiger partial charge in [-0.05, 0) is 62.9 Å². The van der Waals surface area contributed by atoms with Crippen molar-refractivity contribution in [1.29, 1.82) is 0 Å². The molecular formula is C19H24FN5O. The second-order valence-electron chi connectivity index (χ2n) is 7.19. The SMILES string of the molecule is O=C(c1cn(C2CCNCC2)nn1)N1CCC[C@@H]1Cc1cccc(F)c1. The van der Waals surface area contributed by atoms with Crippen LogP contribution in [0.15, 0.2) is 30.5 Å². The Hall–Kier alpha value is -2.28. The fourth-order valence-corrected chi connectivity index (χ4v) is 4.02. The summed E-state index contributed by atoms with van der Waals surface area (Å²) in [5.41, 5.74) is 1.34. The van der Waals surface area contributed by atoms with Crippen molar-refractivity contribution in [3.05, 3.63) is 47.5 Å². The first-order chi connectivity index (χ1) is 12.7. The normalized spacial score (nSPS) is 21.3. The lowest BCUT2D eigenvalue weighted by molar-refractivity contribution is 0.0730. The number of nitrogens with zero attached hydrogens (tertiary/aromatic N) is 4. The molecule has 1 amide bonds. The van der Waals surface area contributed by atoms with Gasteiger partial charge in [-0.15, -0.1) is 5.10 Å². The lowest BCUT2D eigenvalue weighted by Crippen LogP contribution is -2.37. The number of amides is 1. The van der Waals surface area contributed by atoms with Crippen molar-refractivity contribution in [1.82, 2.24) is 25.2 Å². The fraction of sp³-hybridized carbons (Fsp3) is 0.526. The largest absolute Gasteiger partial charge is 0.334 e. The number of benzene rings is 1. The predicted molar refractivity (Wildman–Crippen MR) is 95.3 cm³/mol. The van der Waals surface area contributed by atoms with Gasteiger partial charge in [0.15, 0.2) is 5.69 Å². The highest BCUT2D eigenvalue weighted by Gasteiger charge is 2.31. The molecule has 0 aliphatic carbocycles. The monoisotopic (exact) mass is 357 g/mol. The number of piperidine rings is 1. The molecule has 1 N–H and O–H groups in total. The number of nitrogens with one attached hydrogen (secondary N) is 1. The minimum atomic E-state index is -0.233. The minimum Gasteiger partial charge on any atom is -0.334 e. The summed E-state index contributed by atoms with van der Waals surface area (Å²) in [5, 5.41) is 11.7. The second-order valence-corrected chi connectivity index (χ2v) is 7.19. The summed E-state index contributed by atoms with van der Waals surface area (Å²) in [6, 6.07) is 7.03. The number of carbonyl (C=O) groups is 1. The first kappa shape index (κ1) is 17.1. The van der Waals surface area contributed by atoms with E-state index in [0.29, 0.717) is 18.2 Å². The van der Waals surface area contributed by atoms with Gasteiger partial charge in [0, 0.05) is 12.6 Å². The zero-order valence-corrected chi connectivity index (χ0v) is 14.8. The average Bonchev–Trinajstić information content (AvgIpc) is 3.32. The highest BCUT2D eigenvalue weighted by atomic mass is 19.1. The van der Waals surface area contributed by atoms with E-state index in [-0.39, 0.29) is 17.8 Å². The third-order valence-electron chi connectivity index (χ3n) is 5.41. The molecular weight excluding hydrogens is 333 g/mol. The molecule has 6 nitrogen and oxygen atoms in total. The van der Waals surface area contributed by atoms with Crippen LogP contribution in [-0.2, 0) is 6.42 Å². The summed E-state index contributed by atoms with van der Waals surface area (Å²) in [7, 11) is 0. The van der Waals surface area contributed by atoms with E-state index in [4.69, 9.17) is 0 Å². The Bertz CT molecular complexity index is 771. The van der Waals surface area contributed by atoms with E-state index in [1.165, 1.54) is 6.07 Å². The van der Waals surface area contributed by atoms with Crippen molar-refractivity contribution in [3.8, 4) is 0 Å². The first-order valence-corrected chi connectivity index (χ1v) is 9.38. The average molecular weight is 357 g/mol. The topological polar surface area (TPSA) is 63.1 Å². The van der Waals surface area contributed by atoms with E-state index in [9.17, 15) is 9.18 Å². The number of rotatable bonds is 4. The molecule has 0 unspecified atom stereocenters. The van der Waals surface area contributed by atoms with Crippen molar-refractivity contribution < 1.29 is 9.18 Å². The van der Waals surface area contributed by atoms with Crippen LogP contribution in [0.25, 0.3) is 0 Å². The molecule has 2 saturated heterocycles. The standard InChI is InChI=1S/C19H24FN5O/c20-15-4-1-3-14(11-15)12-17-5-2-10-24(17)19(26)18-13-25(23-22-18)16-6-8-21-9-7-16/h1,3-4,11,13,16-17,21H,2,5-10,12H2/t17-/m1/s1. The molecule has 2 aromatic rings. The Morgan fingerprint density at radius 3 is 2.92 bits per heavy atom. The predicted octanol–water partition coefficient (Wildman–Crippen LogP) is 2.19. The second kappa shape index (κ2) is 7.53. The van der Waals surface area contributed by atoms with Gasteiger partial charge in [-0.25, -0.2) is 9.07 Å². The summed E-state index contributed by atoms with van der Waals surface area (Å²) in [4.78, 5) is 14.8. The summed E-state index contributed by atoms with van der Waals surface area (Å²) < 4.78 is 15.3. The Morgan fingerprint density at radius 1 is 1.27 bits per heavy atom. The Labute approximate surface area is 152 Å². The van der Waals surface area contributed by atoms with E-state index in [2.05, 4.69) is 15.6 Å². The number of hydrogen-bond acceptors (Lipinski definition) is 4. The van der Waals surface area contributed by atoms with Crippen molar-refractivity contribution in [2.45, 2.75) is 44.2 Å². The minimum absolute atomic E-state index is 0.0657. The summed E-state index contributed by atoms with van der Waals surface area (Å²) in [6.07, 6.45) is 6.37. The number of aromatic nitrogens is 3. The van der Waals surface area contributed by atoms with Gasteiger partial charge in [0.25, 0.3) is 5.91 Å². The molecule has 4 rings (SSSR count). The van der Waals surface area contributed by atoms with Crippen LogP contribution in [0.4, 0.5) is 4.39 Å². The van der Waals surface area contributed by atoms with E-state index in [1.54, 1.807) is 18.3 Å². The summed E-state index contributed by atoms with van der Waals surface area (Å²) >= 11 is 0. The molecule has 2 aliphatic rings. The highest BCUT2D eigenvalue weighted by molar-refractivity contribution is 5.92. The number of hydrogen-bond donors (Lipinski definition) is 1. The van der Waals surface area contributed by atoms with Crippen molar-refractivity contribution in [2.24, 2.45) is 0 Å². The van der Waals surface area contributed by atoms with Gasteiger partial charge in [-0.1, -0.05) is 17.3 Å². The van der Waals surface area contributed by atoms with Crippen molar-refractivity contribution >= 4 is 5.91 Å². The van der Waals surface area contributed by atoms with Gasteiger partial charge in [-0.3, -0.25) is 4.79 Å². The number of carbonyl (C=O) groups excluding carboxylic acids is 1. The molecule has 0 bridgehead atoms. The highest BCUT2D eigenvalue weighted by Crippen LogP contribution is 2.24.